The lowest BCUT2D eigenvalue weighted by Crippen LogP contribution is -2.12. The first-order chi connectivity index (χ1) is 14.6. The molecule has 10 heteroatoms. The van der Waals surface area contributed by atoms with Crippen LogP contribution in [0.15, 0.2) is 53.8 Å². The summed E-state index contributed by atoms with van der Waals surface area (Å²) in [5, 5.41) is 18.4. The van der Waals surface area contributed by atoms with Crippen LogP contribution in [0.4, 0.5) is 0 Å². The molecule has 3 aromatic rings. The van der Waals surface area contributed by atoms with Gasteiger partial charge in [0, 0.05) is 18.5 Å². The van der Waals surface area contributed by atoms with E-state index in [1.165, 1.54) is 17.1 Å². The normalized spacial score (nSPS) is 11.6. The van der Waals surface area contributed by atoms with E-state index in [1.54, 1.807) is 12.3 Å². The summed E-state index contributed by atoms with van der Waals surface area (Å²) in [5.41, 5.74) is 3.39. The number of hydrogen-bond donors (Lipinski definition) is 2. The third-order valence-corrected chi connectivity index (χ3v) is 5.58. The van der Waals surface area contributed by atoms with Gasteiger partial charge in [-0.05, 0) is 34.2 Å². The molecule has 0 saturated carbocycles. The Balaban J connectivity index is 1.78. The number of benzene rings is 1. The molecule has 0 unspecified atom stereocenters. The van der Waals surface area contributed by atoms with Crippen LogP contribution in [0.25, 0.3) is 11.1 Å². The zero-order chi connectivity index (χ0) is 22.6. The Labute approximate surface area is 180 Å². The lowest BCUT2D eigenvalue weighted by molar-refractivity contribution is -0.136. The van der Waals surface area contributed by atoms with Gasteiger partial charge in [-0.25, -0.2) is 18.5 Å². The number of primary sulfonamides is 1. The van der Waals surface area contributed by atoms with Crippen molar-refractivity contribution in [3.63, 3.8) is 0 Å². The van der Waals surface area contributed by atoms with Crippen LogP contribution >= 0.6 is 0 Å². The molecule has 0 aliphatic carbocycles. The van der Waals surface area contributed by atoms with E-state index in [2.05, 4.69) is 10.1 Å². The van der Waals surface area contributed by atoms with Crippen molar-refractivity contribution < 1.29 is 23.1 Å². The van der Waals surface area contributed by atoms with Gasteiger partial charge in [0.25, 0.3) is 0 Å². The molecule has 0 saturated heterocycles. The number of pyridine rings is 1. The molecule has 0 fully saturated rings. The lowest BCUT2D eigenvalue weighted by Gasteiger charge is -2.17. The molecule has 9 nitrogen and oxygen atoms in total. The van der Waals surface area contributed by atoms with Crippen molar-refractivity contribution in [2.45, 2.75) is 37.6 Å². The summed E-state index contributed by atoms with van der Waals surface area (Å²) in [6.45, 7) is 4.56. The molecule has 1 aromatic carbocycles. The van der Waals surface area contributed by atoms with Crippen LogP contribution in [-0.2, 0) is 27.8 Å². The second-order valence-corrected chi connectivity index (χ2v) is 8.88. The number of carbonyl (C=O) groups is 1. The Hall–Kier alpha value is -3.24. The number of carboxylic acids is 1. The highest BCUT2D eigenvalue weighted by Crippen LogP contribution is 2.31. The molecule has 0 spiro atoms. The minimum Gasteiger partial charge on any atom is -0.481 e. The summed E-state index contributed by atoms with van der Waals surface area (Å²) in [7, 11) is -3.80. The number of aliphatic carboxylic acids is 1. The van der Waals surface area contributed by atoms with Crippen LogP contribution in [0.2, 0.25) is 0 Å². The molecule has 3 rings (SSSR count). The summed E-state index contributed by atoms with van der Waals surface area (Å²) in [6, 6.07) is 9.32. The maximum absolute atomic E-state index is 11.4. The van der Waals surface area contributed by atoms with E-state index in [1.807, 2.05) is 38.1 Å². The zero-order valence-corrected chi connectivity index (χ0v) is 18.0. The number of aromatic nitrogens is 3. The molecular weight excluding hydrogens is 420 g/mol. The standard InChI is InChI=1S/C21H24N4O5S/c1-14(2)17-4-3-5-18(19(17)11-21(26)27)15-6-7-23-20(10-15)30-9-8-25-13-16(12-24-25)31(22,28)29/h3-7,10,12-14H,8-9,11H2,1-2H3,(H,26,27)(H2,22,28,29). The minimum atomic E-state index is -3.80. The van der Waals surface area contributed by atoms with E-state index >= 15 is 0 Å². The number of rotatable bonds is 9. The second-order valence-electron chi connectivity index (χ2n) is 7.31. The summed E-state index contributed by atoms with van der Waals surface area (Å²) >= 11 is 0. The van der Waals surface area contributed by atoms with Crippen LogP contribution in [0.3, 0.4) is 0 Å². The molecule has 0 radical (unpaired) electrons. The molecular formula is C21H24N4O5S. The van der Waals surface area contributed by atoms with Gasteiger partial charge in [0.2, 0.25) is 15.9 Å². The highest BCUT2D eigenvalue weighted by atomic mass is 32.2. The van der Waals surface area contributed by atoms with Gasteiger partial charge in [-0.2, -0.15) is 5.10 Å². The molecule has 0 bridgehead atoms. The fraction of sp³-hybridized carbons (Fsp3) is 0.286. The van der Waals surface area contributed by atoms with Crippen LogP contribution in [-0.4, -0.2) is 40.9 Å². The van der Waals surface area contributed by atoms with Crippen molar-refractivity contribution in [2.75, 3.05) is 6.61 Å². The molecule has 0 aliphatic heterocycles. The molecule has 3 N–H and O–H groups in total. The predicted molar refractivity (Wildman–Crippen MR) is 114 cm³/mol. The molecule has 0 atom stereocenters. The van der Waals surface area contributed by atoms with Gasteiger partial charge in [-0.1, -0.05) is 32.0 Å². The number of hydrogen-bond acceptors (Lipinski definition) is 6. The van der Waals surface area contributed by atoms with Gasteiger partial charge in [-0.3, -0.25) is 9.48 Å². The van der Waals surface area contributed by atoms with Gasteiger partial charge in [0.1, 0.15) is 11.5 Å². The van der Waals surface area contributed by atoms with Crippen molar-refractivity contribution in [3.05, 3.63) is 60.0 Å². The number of carboxylic acid groups (broad SMARTS) is 1. The largest absolute Gasteiger partial charge is 0.481 e. The van der Waals surface area contributed by atoms with Crippen LogP contribution < -0.4 is 9.88 Å². The van der Waals surface area contributed by atoms with Crippen molar-refractivity contribution in [2.24, 2.45) is 5.14 Å². The van der Waals surface area contributed by atoms with E-state index in [9.17, 15) is 18.3 Å². The first-order valence-electron chi connectivity index (χ1n) is 9.63. The molecule has 0 amide bonds. The quantitative estimate of drug-likeness (QED) is 0.517. The molecule has 0 aliphatic rings. The first-order valence-corrected chi connectivity index (χ1v) is 11.2. The lowest BCUT2D eigenvalue weighted by atomic mass is 9.89. The van der Waals surface area contributed by atoms with Crippen LogP contribution in [0, 0.1) is 0 Å². The van der Waals surface area contributed by atoms with Crippen LogP contribution in [0.5, 0.6) is 5.88 Å². The van der Waals surface area contributed by atoms with Crippen molar-refractivity contribution >= 4 is 16.0 Å². The summed E-state index contributed by atoms with van der Waals surface area (Å²) < 4.78 is 29.8. The summed E-state index contributed by atoms with van der Waals surface area (Å²) in [4.78, 5) is 15.6. The SMILES string of the molecule is CC(C)c1cccc(-c2ccnc(OCCn3cc(S(N)(=O)=O)cn3)c2)c1CC(=O)O. The van der Waals surface area contributed by atoms with Crippen molar-refractivity contribution in [1.29, 1.82) is 0 Å². The number of nitrogens with zero attached hydrogens (tertiary/aromatic N) is 3. The Morgan fingerprint density at radius 3 is 2.71 bits per heavy atom. The van der Waals surface area contributed by atoms with Gasteiger partial charge < -0.3 is 9.84 Å². The maximum Gasteiger partial charge on any atom is 0.307 e. The van der Waals surface area contributed by atoms with E-state index in [0.717, 1.165) is 22.3 Å². The summed E-state index contributed by atoms with van der Waals surface area (Å²) in [5.74, 6) is -0.339. The molecule has 164 valence electrons. The molecule has 2 aromatic heterocycles. The smallest absolute Gasteiger partial charge is 0.307 e. The summed E-state index contributed by atoms with van der Waals surface area (Å²) in [6.07, 6.45) is 4.04. The van der Waals surface area contributed by atoms with Gasteiger partial charge in [-0.15, -0.1) is 0 Å². The number of nitrogens with two attached hydrogens (primary N) is 1. The van der Waals surface area contributed by atoms with Crippen LogP contribution in [0.1, 0.15) is 30.9 Å². The maximum atomic E-state index is 11.4. The Morgan fingerprint density at radius 2 is 2.06 bits per heavy atom. The molecule has 31 heavy (non-hydrogen) atoms. The van der Waals surface area contributed by atoms with E-state index in [0.29, 0.717) is 12.4 Å². The average Bonchev–Trinajstić information content (AvgIpc) is 3.17. The van der Waals surface area contributed by atoms with Gasteiger partial charge in [0.15, 0.2) is 0 Å². The number of sulfonamides is 1. The van der Waals surface area contributed by atoms with Crippen molar-refractivity contribution in [3.8, 4) is 17.0 Å². The predicted octanol–water partition coefficient (Wildman–Crippen LogP) is 2.42. The van der Waals surface area contributed by atoms with E-state index in [-0.39, 0.29) is 23.8 Å². The van der Waals surface area contributed by atoms with Gasteiger partial charge in [0.05, 0.1) is 19.2 Å². The molecule has 2 heterocycles. The third kappa shape index (κ3) is 5.68. The Morgan fingerprint density at radius 1 is 1.29 bits per heavy atom. The fourth-order valence-corrected chi connectivity index (χ4v) is 3.74. The zero-order valence-electron chi connectivity index (χ0n) is 17.2. The van der Waals surface area contributed by atoms with Crippen molar-refractivity contribution in [1.82, 2.24) is 14.8 Å². The minimum absolute atomic E-state index is 0.0661. The Kier molecular flexibility index (Phi) is 6.71. The second kappa shape index (κ2) is 9.27. The average molecular weight is 445 g/mol. The highest BCUT2D eigenvalue weighted by molar-refractivity contribution is 7.89. The fourth-order valence-electron chi connectivity index (χ4n) is 3.28. The third-order valence-electron chi connectivity index (χ3n) is 4.72. The topological polar surface area (TPSA) is 137 Å². The van der Waals surface area contributed by atoms with E-state index in [4.69, 9.17) is 9.88 Å². The van der Waals surface area contributed by atoms with E-state index < -0.39 is 16.0 Å². The number of ether oxygens (including phenoxy) is 1. The Bertz CT molecular complexity index is 1190. The first kappa shape index (κ1) is 22.4. The monoisotopic (exact) mass is 444 g/mol. The van der Waals surface area contributed by atoms with Gasteiger partial charge >= 0.3 is 5.97 Å². The highest BCUT2D eigenvalue weighted by Gasteiger charge is 2.16.